The molecule has 3 atom stereocenters. The summed E-state index contributed by atoms with van der Waals surface area (Å²) in [6, 6.07) is 9.40. The van der Waals surface area contributed by atoms with Gasteiger partial charge >= 0.3 is 0 Å². The van der Waals surface area contributed by atoms with E-state index in [4.69, 9.17) is 4.74 Å². The fraction of sp³-hybridized carbons (Fsp3) is 0.632. The van der Waals surface area contributed by atoms with Crippen LogP contribution >= 0.6 is 0 Å². The zero-order valence-corrected chi connectivity index (χ0v) is 15.6. The summed E-state index contributed by atoms with van der Waals surface area (Å²) in [5, 5.41) is 0. The van der Waals surface area contributed by atoms with Gasteiger partial charge in [0.2, 0.25) is 10.0 Å². The Morgan fingerprint density at radius 2 is 2.00 bits per heavy atom. The van der Waals surface area contributed by atoms with E-state index >= 15 is 0 Å². The lowest BCUT2D eigenvalue weighted by Crippen LogP contribution is -2.45. The summed E-state index contributed by atoms with van der Waals surface area (Å²) in [6.45, 7) is 4.48. The number of hydrogen-bond acceptors (Lipinski definition) is 4. The van der Waals surface area contributed by atoms with Crippen LogP contribution in [0.15, 0.2) is 30.3 Å². The van der Waals surface area contributed by atoms with Crippen molar-refractivity contribution in [1.29, 1.82) is 0 Å². The van der Waals surface area contributed by atoms with E-state index in [9.17, 15) is 13.2 Å². The Labute approximate surface area is 149 Å². The molecule has 1 heterocycles. The fourth-order valence-electron chi connectivity index (χ4n) is 5.51. The Bertz CT molecular complexity index is 789. The van der Waals surface area contributed by atoms with Gasteiger partial charge in [0.05, 0.1) is 18.4 Å². The second-order valence-electron chi connectivity index (χ2n) is 8.29. The molecule has 1 aromatic carbocycles. The minimum atomic E-state index is -3.55. The minimum Gasteiger partial charge on any atom is -0.367 e. The Morgan fingerprint density at radius 3 is 2.68 bits per heavy atom. The van der Waals surface area contributed by atoms with Gasteiger partial charge in [-0.05, 0) is 36.2 Å². The highest BCUT2D eigenvalue weighted by molar-refractivity contribution is 7.90. The predicted octanol–water partition coefficient (Wildman–Crippen LogP) is 2.57. The van der Waals surface area contributed by atoms with Crippen molar-refractivity contribution in [3.8, 4) is 0 Å². The summed E-state index contributed by atoms with van der Waals surface area (Å²) >= 11 is 0. The number of rotatable bonds is 4. The minimum absolute atomic E-state index is 0.0232. The molecule has 1 amide bonds. The zero-order valence-electron chi connectivity index (χ0n) is 14.8. The molecule has 136 valence electrons. The summed E-state index contributed by atoms with van der Waals surface area (Å²) in [6.07, 6.45) is 2.78. The van der Waals surface area contributed by atoms with Crippen LogP contribution in [0.5, 0.6) is 0 Å². The van der Waals surface area contributed by atoms with Gasteiger partial charge in [0, 0.05) is 5.41 Å². The van der Waals surface area contributed by atoms with Crippen molar-refractivity contribution in [2.24, 2.45) is 16.7 Å². The van der Waals surface area contributed by atoms with E-state index < -0.39 is 15.9 Å². The van der Waals surface area contributed by atoms with Gasteiger partial charge in [-0.3, -0.25) is 4.79 Å². The predicted molar refractivity (Wildman–Crippen MR) is 94.1 cm³/mol. The van der Waals surface area contributed by atoms with Gasteiger partial charge in [-0.2, -0.15) is 0 Å². The molecule has 1 saturated heterocycles. The van der Waals surface area contributed by atoms with Crippen LogP contribution in [0, 0.1) is 16.7 Å². The molecule has 4 rings (SSSR count). The Kier molecular flexibility index (Phi) is 3.78. The van der Waals surface area contributed by atoms with Gasteiger partial charge in [-0.15, -0.1) is 0 Å². The van der Waals surface area contributed by atoms with Gasteiger partial charge in [-0.25, -0.2) is 12.7 Å². The summed E-state index contributed by atoms with van der Waals surface area (Å²) < 4.78 is 32.2. The highest BCUT2D eigenvalue weighted by atomic mass is 32.2. The molecular formula is C19H25NO4S. The molecule has 2 bridgehead atoms. The molecule has 0 radical (unpaired) electrons. The number of ether oxygens (including phenoxy) is 1. The van der Waals surface area contributed by atoms with E-state index in [0.29, 0.717) is 12.5 Å². The topological polar surface area (TPSA) is 63.7 Å². The lowest BCUT2D eigenvalue weighted by Gasteiger charge is -2.37. The first kappa shape index (κ1) is 17.0. The second-order valence-corrected chi connectivity index (χ2v) is 10.1. The molecule has 6 heteroatoms. The third-order valence-corrected chi connectivity index (χ3v) is 8.93. The number of sulfonamides is 1. The van der Waals surface area contributed by atoms with E-state index in [-0.39, 0.29) is 29.2 Å². The van der Waals surface area contributed by atoms with Crippen molar-refractivity contribution in [3.63, 3.8) is 0 Å². The van der Waals surface area contributed by atoms with Crippen molar-refractivity contribution in [1.82, 2.24) is 4.31 Å². The maximum Gasteiger partial charge on any atom is 0.262 e. The van der Waals surface area contributed by atoms with Crippen molar-refractivity contribution in [3.05, 3.63) is 35.9 Å². The molecule has 2 aliphatic carbocycles. The third kappa shape index (κ3) is 2.37. The molecule has 0 unspecified atom stereocenters. The number of carbonyl (C=O) groups is 1. The zero-order chi connectivity index (χ0) is 17.9. The maximum atomic E-state index is 12.8. The smallest absolute Gasteiger partial charge is 0.262 e. The lowest BCUT2D eigenvalue weighted by atomic mass is 9.69. The average Bonchev–Trinajstić information content (AvgIpc) is 3.03. The Morgan fingerprint density at radius 1 is 1.28 bits per heavy atom. The monoisotopic (exact) mass is 363 g/mol. The lowest BCUT2D eigenvalue weighted by molar-refractivity contribution is -0.134. The van der Waals surface area contributed by atoms with Crippen LogP contribution < -0.4 is 0 Å². The van der Waals surface area contributed by atoms with E-state index in [1.165, 1.54) is 4.31 Å². The molecule has 1 aliphatic heterocycles. The van der Waals surface area contributed by atoms with Gasteiger partial charge in [0.15, 0.2) is 0 Å². The number of fused-ring (bicyclic) bond motifs is 1. The number of amides is 1. The van der Waals surface area contributed by atoms with Crippen LogP contribution in [-0.4, -0.2) is 37.0 Å². The summed E-state index contributed by atoms with van der Waals surface area (Å²) in [4.78, 5) is 12.7. The maximum absolute atomic E-state index is 12.8. The molecule has 5 nitrogen and oxygen atoms in total. The molecule has 3 aliphatic rings. The molecule has 0 aromatic heterocycles. The van der Waals surface area contributed by atoms with Crippen LogP contribution in [0.25, 0.3) is 0 Å². The Hall–Kier alpha value is -1.40. The van der Waals surface area contributed by atoms with Crippen molar-refractivity contribution in [2.45, 2.75) is 45.8 Å². The van der Waals surface area contributed by atoms with Crippen molar-refractivity contribution >= 4 is 15.9 Å². The van der Waals surface area contributed by atoms with Crippen LogP contribution in [-0.2, 0) is 26.2 Å². The molecule has 2 saturated carbocycles. The molecule has 0 N–H and O–H groups in total. The summed E-state index contributed by atoms with van der Waals surface area (Å²) in [7, 11) is -3.55. The van der Waals surface area contributed by atoms with Crippen molar-refractivity contribution < 1.29 is 17.9 Å². The normalized spacial score (nSPS) is 34.2. The number of nitrogens with zero attached hydrogens (tertiary/aromatic N) is 1. The third-order valence-electron chi connectivity index (χ3n) is 6.99. The number of carbonyl (C=O) groups excluding carboxylic acids is 1. The highest BCUT2D eigenvalue weighted by Gasteiger charge is 2.72. The average molecular weight is 363 g/mol. The van der Waals surface area contributed by atoms with E-state index in [1.54, 1.807) is 0 Å². The highest BCUT2D eigenvalue weighted by Crippen LogP contribution is 2.69. The van der Waals surface area contributed by atoms with Gasteiger partial charge < -0.3 is 4.74 Å². The van der Waals surface area contributed by atoms with Gasteiger partial charge in [0.1, 0.15) is 6.61 Å². The molecule has 1 aromatic rings. The summed E-state index contributed by atoms with van der Waals surface area (Å²) in [5.74, 6) is 0.202. The quantitative estimate of drug-likeness (QED) is 0.825. The fourth-order valence-corrected chi connectivity index (χ4v) is 8.05. The van der Waals surface area contributed by atoms with E-state index in [2.05, 4.69) is 13.8 Å². The van der Waals surface area contributed by atoms with Crippen LogP contribution in [0.1, 0.15) is 38.7 Å². The molecule has 3 fully saturated rings. The first-order valence-electron chi connectivity index (χ1n) is 8.94. The van der Waals surface area contributed by atoms with Gasteiger partial charge in [0.25, 0.3) is 5.91 Å². The Balaban J connectivity index is 1.49. The standard InChI is InChI=1S/C19H25NO4S/c1-18(2)15-8-9-19(18)13-25(22,23)20(16(19)10-15)17(21)12-24-11-14-6-4-3-5-7-14/h3-7,15-16H,8-13H2,1-2H3/t15-,16-,19-/m0/s1. The SMILES string of the molecule is CC1(C)[C@H]2CC[C@@]13CS(=O)(=O)N(C(=O)COCc1ccccc1)[C@H]3C2. The molecule has 25 heavy (non-hydrogen) atoms. The molecular weight excluding hydrogens is 338 g/mol. The largest absolute Gasteiger partial charge is 0.367 e. The van der Waals surface area contributed by atoms with Crippen LogP contribution in [0.2, 0.25) is 0 Å². The van der Waals surface area contributed by atoms with Crippen molar-refractivity contribution in [2.75, 3.05) is 12.4 Å². The number of hydrogen-bond donors (Lipinski definition) is 0. The molecule has 1 spiro atoms. The van der Waals surface area contributed by atoms with Gasteiger partial charge in [-0.1, -0.05) is 44.2 Å². The van der Waals surface area contributed by atoms with Crippen LogP contribution in [0.3, 0.4) is 0 Å². The summed E-state index contributed by atoms with van der Waals surface area (Å²) in [5.41, 5.74) is 0.674. The number of benzene rings is 1. The first-order valence-corrected chi connectivity index (χ1v) is 10.6. The van der Waals surface area contributed by atoms with E-state index in [0.717, 1.165) is 24.8 Å². The van der Waals surface area contributed by atoms with Crippen LogP contribution in [0.4, 0.5) is 0 Å². The first-order chi connectivity index (χ1) is 11.8. The van der Waals surface area contributed by atoms with E-state index in [1.807, 2.05) is 30.3 Å². The second kappa shape index (κ2) is 5.55.